The van der Waals surface area contributed by atoms with E-state index in [2.05, 4.69) is 10.6 Å². The summed E-state index contributed by atoms with van der Waals surface area (Å²) in [7, 11) is 4.91. The molecule has 0 spiro atoms. The molecular formula is C26H35N5O4. The number of nitrogen functional groups attached to an aromatic ring is 1. The maximum atomic E-state index is 12.9. The van der Waals surface area contributed by atoms with E-state index in [-0.39, 0.29) is 36.8 Å². The molecule has 2 aromatic carbocycles. The normalized spacial score (nSPS) is 13.3. The van der Waals surface area contributed by atoms with E-state index < -0.39 is 0 Å². The molecule has 0 aliphatic heterocycles. The second kappa shape index (κ2) is 11.6. The minimum atomic E-state index is -0.287. The average molecular weight is 482 g/mol. The number of amides is 2. The average Bonchev–Trinajstić information content (AvgIpc) is 3.35. The number of anilines is 1. The zero-order valence-corrected chi connectivity index (χ0v) is 20.9. The van der Waals surface area contributed by atoms with Gasteiger partial charge in [0.1, 0.15) is 17.3 Å². The summed E-state index contributed by atoms with van der Waals surface area (Å²) in [5.41, 5.74) is 8.99. The van der Waals surface area contributed by atoms with Crippen LogP contribution in [0, 0.1) is 12.3 Å². The molecule has 35 heavy (non-hydrogen) atoms. The molecule has 0 unspecified atom stereocenters. The zero-order valence-electron chi connectivity index (χ0n) is 20.9. The second-order valence-electron chi connectivity index (χ2n) is 8.85. The third-order valence-corrected chi connectivity index (χ3v) is 6.36. The first-order valence-electron chi connectivity index (χ1n) is 11.7. The van der Waals surface area contributed by atoms with E-state index in [1.807, 2.05) is 24.9 Å². The number of hydrogen-bond donors (Lipinski definition) is 4. The first-order chi connectivity index (χ1) is 16.7. The Morgan fingerprint density at radius 2 is 1.71 bits per heavy atom. The van der Waals surface area contributed by atoms with Crippen LogP contribution in [0.2, 0.25) is 0 Å². The fraction of sp³-hybridized carbons (Fsp3) is 0.423. The van der Waals surface area contributed by atoms with E-state index in [0.29, 0.717) is 22.6 Å². The maximum Gasteiger partial charge on any atom is 0.251 e. The van der Waals surface area contributed by atoms with Gasteiger partial charge in [0.05, 0.1) is 20.8 Å². The molecule has 3 rings (SSSR count). The van der Waals surface area contributed by atoms with Gasteiger partial charge in [-0.3, -0.25) is 15.0 Å². The van der Waals surface area contributed by atoms with Crippen LogP contribution >= 0.6 is 0 Å². The van der Waals surface area contributed by atoms with Crippen molar-refractivity contribution < 1.29 is 19.1 Å². The number of benzene rings is 2. The Balaban J connectivity index is 1.77. The van der Waals surface area contributed by atoms with Gasteiger partial charge in [0.25, 0.3) is 5.91 Å². The first-order valence-corrected chi connectivity index (χ1v) is 11.7. The van der Waals surface area contributed by atoms with Gasteiger partial charge in [0.15, 0.2) is 0 Å². The number of hydrogen-bond acceptors (Lipinski definition) is 6. The number of nitrogens with one attached hydrogen (secondary N) is 3. The van der Waals surface area contributed by atoms with Crippen molar-refractivity contribution in [3.63, 3.8) is 0 Å². The molecule has 188 valence electrons. The molecular weight excluding hydrogens is 446 g/mol. The number of likely N-dealkylation sites (N-methyl/N-ethyl adjacent to an activating group) is 1. The monoisotopic (exact) mass is 481 g/mol. The lowest BCUT2D eigenvalue weighted by molar-refractivity contribution is -0.120. The van der Waals surface area contributed by atoms with E-state index >= 15 is 0 Å². The lowest BCUT2D eigenvalue weighted by Crippen LogP contribution is -2.40. The third-order valence-electron chi connectivity index (χ3n) is 6.36. The van der Waals surface area contributed by atoms with Crippen molar-refractivity contribution in [2.75, 3.05) is 32.7 Å². The minimum Gasteiger partial charge on any atom is -0.496 e. The van der Waals surface area contributed by atoms with Gasteiger partial charge in [-0.15, -0.1) is 0 Å². The molecule has 9 heteroatoms. The number of amidine groups is 1. The van der Waals surface area contributed by atoms with Gasteiger partial charge in [0.2, 0.25) is 5.91 Å². The van der Waals surface area contributed by atoms with Crippen LogP contribution < -0.4 is 30.7 Å². The number of nitrogens with two attached hydrogens (primary N) is 1. The van der Waals surface area contributed by atoms with E-state index in [9.17, 15) is 9.59 Å². The Bertz CT molecular complexity index is 1070. The van der Waals surface area contributed by atoms with Crippen LogP contribution in [0.4, 0.5) is 5.69 Å². The maximum absolute atomic E-state index is 12.9. The number of methoxy groups -OCH3 is 2. The molecule has 2 aromatic rings. The van der Waals surface area contributed by atoms with Crippen molar-refractivity contribution in [3.05, 3.63) is 52.6 Å². The highest BCUT2D eigenvalue weighted by atomic mass is 16.5. The van der Waals surface area contributed by atoms with Gasteiger partial charge in [-0.1, -0.05) is 25.0 Å². The molecule has 0 aromatic heterocycles. The van der Waals surface area contributed by atoms with Gasteiger partial charge in [0, 0.05) is 42.0 Å². The number of ether oxygens (including phenoxy) is 2. The Hall–Kier alpha value is -3.75. The molecule has 0 heterocycles. The highest BCUT2D eigenvalue weighted by Gasteiger charge is 2.20. The van der Waals surface area contributed by atoms with Crippen LogP contribution in [0.25, 0.3) is 0 Å². The van der Waals surface area contributed by atoms with E-state index in [1.54, 1.807) is 38.5 Å². The third kappa shape index (κ3) is 6.44. The predicted molar refractivity (Wildman–Crippen MR) is 137 cm³/mol. The van der Waals surface area contributed by atoms with Gasteiger partial charge in [-0.05, 0) is 43.5 Å². The highest BCUT2D eigenvalue weighted by molar-refractivity contribution is 5.97. The lowest BCUT2D eigenvalue weighted by atomic mass is 10.1. The Labute approximate surface area is 206 Å². The molecule has 0 saturated heterocycles. The number of carbonyl (C=O) groups is 2. The predicted octanol–water partition coefficient (Wildman–Crippen LogP) is 2.72. The molecule has 1 aliphatic rings. The fourth-order valence-corrected chi connectivity index (χ4v) is 4.38. The largest absolute Gasteiger partial charge is 0.496 e. The Morgan fingerprint density at radius 3 is 2.29 bits per heavy atom. The van der Waals surface area contributed by atoms with Gasteiger partial charge in [-0.2, -0.15) is 0 Å². The van der Waals surface area contributed by atoms with Crippen molar-refractivity contribution in [1.82, 2.24) is 10.6 Å². The van der Waals surface area contributed by atoms with Gasteiger partial charge < -0.3 is 30.7 Å². The van der Waals surface area contributed by atoms with E-state index in [1.165, 1.54) is 0 Å². The van der Waals surface area contributed by atoms with Crippen LogP contribution in [0.1, 0.15) is 52.7 Å². The summed E-state index contributed by atoms with van der Waals surface area (Å²) in [6.45, 7) is 2.24. The number of nitrogens with zero attached hydrogens (tertiary/aromatic N) is 1. The van der Waals surface area contributed by atoms with Crippen molar-refractivity contribution in [2.45, 2.75) is 45.2 Å². The van der Waals surface area contributed by atoms with E-state index in [0.717, 1.165) is 42.5 Å². The topological polar surface area (TPSA) is 130 Å². The molecule has 0 radical (unpaired) electrons. The van der Waals surface area contributed by atoms with Crippen molar-refractivity contribution in [2.24, 2.45) is 5.73 Å². The Kier molecular flexibility index (Phi) is 8.57. The summed E-state index contributed by atoms with van der Waals surface area (Å²) in [6, 6.07) is 8.90. The van der Waals surface area contributed by atoms with Crippen LogP contribution in [0.15, 0.2) is 30.3 Å². The molecule has 2 amide bonds. The van der Waals surface area contributed by atoms with Crippen molar-refractivity contribution in [1.29, 1.82) is 5.41 Å². The molecule has 1 saturated carbocycles. The quantitative estimate of drug-likeness (QED) is 0.305. The van der Waals surface area contributed by atoms with E-state index in [4.69, 9.17) is 20.6 Å². The van der Waals surface area contributed by atoms with Crippen LogP contribution in [-0.4, -0.2) is 51.5 Å². The zero-order chi connectivity index (χ0) is 25.5. The standard InChI is InChI=1S/C26H35N5O4/c1-16-22(34-3)12-19(13-23(16)35-4)26(33)29-14-18-10-9-17(25(27)28)11-21(18)31(2)15-24(32)30-20-7-5-6-8-20/h9-13,20H,5-8,14-15H2,1-4H3,(H3,27,28)(H,29,33)(H,30,32). The summed E-state index contributed by atoms with van der Waals surface area (Å²) < 4.78 is 10.8. The lowest BCUT2D eigenvalue weighted by Gasteiger charge is -2.24. The smallest absolute Gasteiger partial charge is 0.251 e. The molecule has 5 N–H and O–H groups in total. The molecule has 1 fully saturated rings. The summed E-state index contributed by atoms with van der Waals surface area (Å²) >= 11 is 0. The van der Waals surface area contributed by atoms with Crippen molar-refractivity contribution >= 4 is 23.3 Å². The van der Waals surface area contributed by atoms with Gasteiger partial charge in [-0.25, -0.2) is 0 Å². The molecule has 9 nitrogen and oxygen atoms in total. The van der Waals surface area contributed by atoms with Crippen LogP contribution in [0.3, 0.4) is 0 Å². The number of carbonyl (C=O) groups excluding carboxylic acids is 2. The molecule has 1 aliphatic carbocycles. The van der Waals surface area contributed by atoms with Crippen molar-refractivity contribution in [3.8, 4) is 11.5 Å². The molecule has 0 bridgehead atoms. The SMILES string of the molecule is COc1cc(C(=O)NCc2ccc(C(=N)N)cc2N(C)CC(=O)NC2CCCC2)cc(OC)c1C. The van der Waals surface area contributed by atoms with Gasteiger partial charge >= 0.3 is 0 Å². The Morgan fingerprint density at radius 1 is 1.09 bits per heavy atom. The summed E-state index contributed by atoms with van der Waals surface area (Å²) in [6.07, 6.45) is 4.32. The van der Waals surface area contributed by atoms with Crippen LogP contribution in [-0.2, 0) is 11.3 Å². The molecule has 0 atom stereocenters. The summed E-state index contributed by atoms with van der Waals surface area (Å²) in [5.74, 6) is 0.721. The first kappa shape index (κ1) is 25.9. The highest BCUT2D eigenvalue weighted by Crippen LogP contribution is 2.29. The fourth-order valence-electron chi connectivity index (χ4n) is 4.38. The van der Waals surface area contributed by atoms with Crippen LogP contribution in [0.5, 0.6) is 11.5 Å². The number of rotatable bonds is 10. The second-order valence-corrected chi connectivity index (χ2v) is 8.85. The summed E-state index contributed by atoms with van der Waals surface area (Å²) in [4.78, 5) is 27.4. The summed E-state index contributed by atoms with van der Waals surface area (Å²) in [5, 5.41) is 13.8. The minimum absolute atomic E-state index is 0.0542.